The van der Waals surface area contributed by atoms with Crippen LogP contribution in [-0.2, 0) is 16.1 Å². The van der Waals surface area contributed by atoms with E-state index in [4.69, 9.17) is 31.2 Å². The maximum atomic E-state index is 11.2. The first-order valence-corrected chi connectivity index (χ1v) is 14.4. The molecule has 0 unspecified atom stereocenters. The highest BCUT2D eigenvalue weighted by molar-refractivity contribution is 6.33. The molecule has 4 aromatic rings. The molecule has 3 heterocycles. The number of imidazole rings is 1. The van der Waals surface area contributed by atoms with Crippen LogP contribution >= 0.6 is 11.6 Å². The Morgan fingerprint density at radius 1 is 0.951 bits per heavy atom. The number of aromatic nitrogens is 3. The number of halogens is 1. The summed E-state index contributed by atoms with van der Waals surface area (Å²) in [6, 6.07) is 18.9. The van der Waals surface area contributed by atoms with Gasteiger partial charge < -0.3 is 24.7 Å². The van der Waals surface area contributed by atoms with Crippen molar-refractivity contribution in [2.75, 3.05) is 26.3 Å². The zero-order chi connectivity index (χ0) is 28.3. The number of carbonyl (C=O) groups is 1. The number of H-pyrrole nitrogens is 1. The highest BCUT2D eigenvalue weighted by Crippen LogP contribution is 2.32. The molecule has 0 bridgehead atoms. The number of fused-ring (bicyclic) bond motifs is 1. The van der Waals surface area contributed by atoms with Crippen molar-refractivity contribution < 1.29 is 24.5 Å². The number of pyridine rings is 1. The highest BCUT2D eigenvalue weighted by Gasteiger charge is 2.28. The maximum absolute atomic E-state index is 11.2. The average Bonchev–Trinajstić information content (AvgIpc) is 3.35. The van der Waals surface area contributed by atoms with Crippen LogP contribution in [-0.4, -0.2) is 74.5 Å². The van der Waals surface area contributed by atoms with E-state index in [1.165, 1.54) is 5.56 Å². The van der Waals surface area contributed by atoms with Crippen molar-refractivity contribution in [2.24, 2.45) is 5.92 Å². The molecule has 41 heavy (non-hydrogen) atoms. The molecule has 2 aromatic heterocycles. The molecule has 3 N–H and O–H groups in total. The van der Waals surface area contributed by atoms with Gasteiger partial charge in [0.1, 0.15) is 6.10 Å². The zero-order valence-corrected chi connectivity index (χ0v) is 23.4. The average molecular weight is 577 g/mol. The molecular formula is C31H33ClN4O5. The molecule has 1 saturated carbocycles. The van der Waals surface area contributed by atoms with E-state index in [-0.39, 0.29) is 24.7 Å². The Kier molecular flexibility index (Phi) is 8.20. The van der Waals surface area contributed by atoms with Crippen LogP contribution in [0.15, 0.2) is 54.6 Å². The van der Waals surface area contributed by atoms with Crippen LogP contribution in [0.3, 0.4) is 0 Å². The van der Waals surface area contributed by atoms with E-state index in [9.17, 15) is 9.90 Å². The fraction of sp³-hybridized carbons (Fsp3) is 0.387. The summed E-state index contributed by atoms with van der Waals surface area (Å²) in [5.74, 6) is -1.02. The Labute approximate surface area is 243 Å². The molecular weight excluding hydrogens is 544 g/mol. The summed E-state index contributed by atoms with van der Waals surface area (Å²) in [5.41, 5.74) is 6.25. The van der Waals surface area contributed by atoms with E-state index in [0.29, 0.717) is 60.2 Å². The van der Waals surface area contributed by atoms with Gasteiger partial charge in [-0.05, 0) is 48.4 Å². The van der Waals surface area contributed by atoms with E-state index >= 15 is 0 Å². The molecule has 9 nitrogen and oxygen atoms in total. The summed E-state index contributed by atoms with van der Waals surface area (Å²) >= 11 is 6.62. The van der Waals surface area contributed by atoms with Crippen LogP contribution in [0.4, 0.5) is 0 Å². The van der Waals surface area contributed by atoms with Crippen molar-refractivity contribution in [3.8, 4) is 28.4 Å². The third-order valence-corrected chi connectivity index (χ3v) is 8.22. The number of likely N-dealkylation sites (tertiary alicyclic amines) is 1. The minimum atomic E-state index is -0.733. The lowest BCUT2D eigenvalue weighted by Crippen LogP contribution is -2.51. The molecule has 2 aromatic carbocycles. The van der Waals surface area contributed by atoms with Gasteiger partial charge in [0.05, 0.1) is 41.5 Å². The second-order valence-electron chi connectivity index (χ2n) is 10.8. The summed E-state index contributed by atoms with van der Waals surface area (Å²) in [5, 5.41) is 18.6. The maximum Gasteiger partial charge on any atom is 0.306 e. The third-order valence-electron chi connectivity index (χ3n) is 7.93. The highest BCUT2D eigenvalue weighted by atomic mass is 35.5. The lowest BCUT2D eigenvalue weighted by molar-refractivity contribution is -0.143. The lowest BCUT2D eigenvalue weighted by Gasteiger charge is -2.38. The molecule has 2 fully saturated rings. The van der Waals surface area contributed by atoms with E-state index < -0.39 is 5.97 Å². The molecule has 10 heteroatoms. The zero-order valence-electron chi connectivity index (χ0n) is 22.6. The van der Waals surface area contributed by atoms with Crippen molar-refractivity contribution in [2.45, 2.75) is 44.4 Å². The number of aliphatic hydroxyl groups is 1. The number of hydrogen-bond acceptors (Lipinski definition) is 7. The smallest absolute Gasteiger partial charge is 0.306 e. The lowest BCUT2D eigenvalue weighted by atomic mass is 9.87. The number of carboxylic acid groups (broad SMARTS) is 1. The van der Waals surface area contributed by atoms with Crippen LogP contribution < -0.4 is 4.74 Å². The number of ether oxygens (including phenoxy) is 2. The normalized spacial score (nSPS) is 19.8. The number of rotatable bonds is 10. The van der Waals surface area contributed by atoms with Gasteiger partial charge in [0.2, 0.25) is 0 Å². The summed E-state index contributed by atoms with van der Waals surface area (Å²) in [6.07, 6.45) is 2.74. The molecule has 0 atom stereocenters. The summed E-state index contributed by atoms with van der Waals surface area (Å²) in [6.45, 7) is 3.15. The Bertz CT molecular complexity index is 1490. The Balaban J connectivity index is 1.09. The number of benzene rings is 2. The van der Waals surface area contributed by atoms with E-state index in [0.717, 1.165) is 36.3 Å². The van der Waals surface area contributed by atoms with Gasteiger partial charge in [-0.25, -0.2) is 4.98 Å². The first kappa shape index (κ1) is 27.7. The number of aliphatic carboxylic acids is 1. The Hall–Kier alpha value is -3.50. The summed E-state index contributed by atoms with van der Waals surface area (Å²) in [4.78, 5) is 25.9. The molecule has 2 aliphatic rings. The van der Waals surface area contributed by atoms with Crippen LogP contribution in [0.2, 0.25) is 5.02 Å². The van der Waals surface area contributed by atoms with Crippen LogP contribution in [0, 0.1) is 5.92 Å². The second-order valence-corrected chi connectivity index (χ2v) is 11.3. The van der Waals surface area contributed by atoms with E-state index in [1.54, 1.807) is 0 Å². The van der Waals surface area contributed by atoms with Gasteiger partial charge in [0.25, 0.3) is 6.01 Å². The quantitative estimate of drug-likeness (QED) is 0.237. The summed E-state index contributed by atoms with van der Waals surface area (Å²) < 4.78 is 11.6. The number of nitrogens with zero attached hydrogens (tertiary/aromatic N) is 3. The molecule has 0 amide bonds. The van der Waals surface area contributed by atoms with Gasteiger partial charge in [0.15, 0.2) is 5.65 Å². The van der Waals surface area contributed by atoms with Crippen molar-refractivity contribution in [3.63, 3.8) is 0 Å². The first-order chi connectivity index (χ1) is 19.9. The largest absolute Gasteiger partial charge is 0.481 e. The second kappa shape index (κ2) is 12.2. The van der Waals surface area contributed by atoms with Gasteiger partial charge in [-0.15, -0.1) is 0 Å². The van der Waals surface area contributed by atoms with Gasteiger partial charge in [-0.2, -0.15) is 4.98 Å². The van der Waals surface area contributed by atoms with Gasteiger partial charge in [-0.3, -0.25) is 9.69 Å². The number of carboxylic acids is 1. The fourth-order valence-corrected chi connectivity index (χ4v) is 5.86. The van der Waals surface area contributed by atoms with Gasteiger partial charge in [0, 0.05) is 25.2 Å². The minimum Gasteiger partial charge on any atom is -0.481 e. The molecule has 214 valence electrons. The standard InChI is InChI=1S/C31H33ClN4O5/c32-26-15-27-29(35-31(33-27)41-24-11-9-23(10-12-24)30(38)39)34-28(26)22-7-5-21(6-8-22)20-3-1-19(2-4-20)16-36-17-25(18-36)40-14-13-37/h1-8,15,23-25,37H,9-14,16-18H2,(H,38,39)(H,33,34,35). The van der Waals surface area contributed by atoms with E-state index in [2.05, 4.69) is 51.3 Å². The number of aromatic amines is 1. The third kappa shape index (κ3) is 6.38. The van der Waals surface area contributed by atoms with Crippen LogP contribution in [0.25, 0.3) is 33.5 Å². The molecule has 0 radical (unpaired) electrons. The Morgan fingerprint density at radius 3 is 2.27 bits per heavy atom. The van der Waals surface area contributed by atoms with E-state index in [1.807, 2.05) is 18.2 Å². The topological polar surface area (TPSA) is 121 Å². The van der Waals surface area contributed by atoms with Crippen molar-refractivity contribution in [1.82, 2.24) is 19.9 Å². The number of hydrogen-bond donors (Lipinski definition) is 3. The predicted octanol–water partition coefficient (Wildman–Crippen LogP) is 5.16. The van der Waals surface area contributed by atoms with Crippen molar-refractivity contribution in [3.05, 3.63) is 65.2 Å². The molecule has 1 aliphatic carbocycles. The van der Waals surface area contributed by atoms with Crippen molar-refractivity contribution >= 4 is 28.7 Å². The van der Waals surface area contributed by atoms with Crippen molar-refractivity contribution in [1.29, 1.82) is 0 Å². The molecule has 6 rings (SSSR count). The fourth-order valence-electron chi connectivity index (χ4n) is 5.60. The van der Waals surface area contributed by atoms with Gasteiger partial charge >= 0.3 is 5.97 Å². The first-order valence-electron chi connectivity index (χ1n) is 14.1. The number of aliphatic hydroxyl groups excluding tert-OH is 1. The molecule has 1 saturated heterocycles. The monoisotopic (exact) mass is 576 g/mol. The number of nitrogens with one attached hydrogen (secondary N) is 1. The molecule has 0 spiro atoms. The summed E-state index contributed by atoms with van der Waals surface area (Å²) in [7, 11) is 0. The minimum absolute atomic E-state index is 0.0669. The SMILES string of the molecule is O=C(O)C1CCC(Oc2nc3nc(-c4ccc(-c5ccc(CN6CC(OCCO)C6)cc5)cc4)c(Cl)cc3[nH]2)CC1. The van der Waals surface area contributed by atoms with Gasteiger partial charge in [-0.1, -0.05) is 60.1 Å². The van der Waals surface area contributed by atoms with Crippen LogP contribution in [0.1, 0.15) is 31.2 Å². The predicted molar refractivity (Wildman–Crippen MR) is 156 cm³/mol. The Morgan fingerprint density at radius 2 is 1.61 bits per heavy atom. The molecule has 1 aliphatic heterocycles. The van der Waals surface area contributed by atoms with Crippen LogP contribution in [0.5, 0.6) is 6.01 Å².